The number of nitrogens with one attached hydrogen (secondary N) is 2. The minimum atomic E-state index is 0.255. The number of rotatable bonds is 2. The van der Waals surface area contributed by atoms with Crippen molar-refractivity contribution in [3.05, 3.63) is 24.3 Å². The highest BCUT2D eigenvalue weighted by molar-refractivity contribution is 5.73. The molecule has 0 spiro atoms. The molecule has 14 heavy (non-hydrogen) atoms. The lowest BCUT2D eigenvalue weighted by Gasteiger charge is -2.04. The van der Waals surface area contributed by atoms with Crippen molar-refractivity contribution in [1.82, 2.24) is 15.2 Å². The predicted molar refractivity (Wildman–Crippen MR) is 55.8 cm³/mol. The average molecular weight is 189 g/mol. The fourth-order valence-corrected chi connectivity index (χ4v) is 1.30. The monoisotopic (exact) mass is 189 g/mol. The van der Waals surface area contributed by atoms with E-state index in [2.05, 4.69) is 20.5 Å². The lowest BCUT2D eigenvalue weighted by atomic mass is 10.1. The molecule has 0 unspecified atom stereocenters. The van der Waals surface area contributed by atoms with Crippen LogP contribution in [0.2, 0.25) is 0 Å². The van der Waals surface area contributed by atoms with Crippen LogP contribution in [0, 0.1) is 0 Å². The number of nitrogens with two attached hydrogens (primary N) is 1. The molecule has 0 radical (unpaired) electrons. The number of benzene rings is 1. The minimum absolute atomic E-state index is 0.255. The van der Waals surface area contributed by atoms with E-state index in [1.54, 1.807) is 0 Å². The summed E-state index contributed by atoms with van der Waals surface area (Å²) in [7, 11) is 1.86. The molecule has 0 aliphatic rings. The first kappa shape index (κ1) is 8.55. The van der Waals surface area contributed by atoms with E-state index in [0.717, 1.165) is 11.3 Å². The molecule has 0 saturated carbocycles. The summed E-state index contributed by atoms with van der Waals surface area (Å²) in [6.07, 6.45) is 0. The number of aromatic amines is 1. The van der Waals surface area contributed by atoms with Gasteiger partial charge in [0.2, 0.25) is 5.95 Å². The Hall–Kier alpha value is -2.04. The molecule has 72 valence electrons. The van der Waals surface area contributed by atoms with Crippen LogP contribution >= 0.6 is 0 Å². The number of hydrogen-bond donors (Lipinski definition) is 3. The first-order chi connectivity index (χ1) is 6.81. The summed E-state index contributed by atoms with van der Waals surface area (Å²) < 4.78 is 0. The van der Waals surface area contributed by atoms with Crippen LogP contribution in [0.25, 0.3) is 11.4 Å². The maximum Gasteiger partial charge on any atom is 0.239 e. The third-order valence-electron chi connectivity index (χ3n) is 1.95. The largest absolute Gasteiger partial charge is 0.388 e. The van der Waals surface area contributed by atoms with Crippen molar-refractivity contribution in [3.8, 4) is 11.4 Å². The number of anilines is 2. The summed E-state index contributed by atoms with van der Waals surface area (Å²) in [4.78, 5) is 4.06. The first-order valence-electron chi connectivity index (χ1n) is 4.26. The van der Waals surface area contributed by atoms with Crippen LogP contribution < -0.4 is 11.1 Å². The Morgan fingerprint density at radius 3 is 2.79 bits per heavy atom. The van der Waals surface area contributed by atoms with E-state index in [1.807, 2.05) is 31.3 Å². The fraction of sp³-hybridized carbons (Fsp3) is 0.111. The average Bonchev–Trinajstić information content (AvgIpc) is 2.65. The number of nitrogen functional groups attached to an aromatic ring is 1. The first-order valence-corrected chi connectivity index (χ1v) is 4.26. The van der Waals surface area contributed by atoms with E-state index in [-0.39, 0.29) is 5.95 Å². The standard InChI is InChI=1S/C9H11N5/c1-11-7-5-3-2-4-6(7)8-12-9(10)14-13-8/h2-5,11H,1H3,(H3,10,12,13,14). The van der Waals surface area contributed by atoms with Gasteiger partial charge in [0.05, 0.1) is 0 Å². The maximum atomic E-state index is 5.43. The van der Waals surface area contributed by atoms with Gasteiger partial charge in [-0.2, -0.15) is 4.98 Å². The van der Waals surface area contributed by atoms with Gasteiger partial charge in [-0.25, -0.2) is 0 Å². The van der Waals surface area contributed by atoms with Crippen molar-refractivity contribution in [2.24, 2.45) is 0 Å². The van der Waals surface area contributed by atoms with Crippen molar-refractivity contribution in [1.29, 1.82) is 0 Å². The molecule has 4 N–H and O–H groups in total. The molecule has 1 aromatic heterocycles. The van der Waals surface area contributed by atoms with Crippen molar-refractivity contribution < 1.29 is 0 Å². The smallest absolute Gasteiger partial charge is 0.239 e. The molecule has 0 amide bonds. The highest BCUT2D eigenvalue weighted by atomic mass is 15.3. The molecule has 5 heteroatoms. The Kier molecular flexibility index (Phi) is 2.06. The van der Waals surface area contributed by atoms with Gasteiger partial charge in [0.25, 0.3) is 0 Å². The van der Waals surface area contributed by atoms with Gasteiger partial charge in [-0.15, -0.1) is 5.10 Å². The van der Waals surface area contributed by atoms with Gasteiger partial charge in [0.15, 0.2) is 5.82 Å². The van der Waals surface area contributed by atoms with Crippen molar-refractivity contribution >= 4 is 11.6 Å². The molecule has 0 bridgehead atoms. The number of aromatic nitrogens is 3. The lowest BCUT2D eigenvalue weighted by Crippen LogP contribution is -1.92. The Labute approximate surface area is 81.4 Å². The van der Waals surface area contributed by atoms with Crippen LogP contribution in [0.4, 0.5) is 11.6 Å². The molecule has 0 saturated heterocycles. The molecular weight excluding hydrogens is 178 g/mol. The highest BCUT2D eigenvalue weighted by Crippen LogP contribution is 2.24. The summed E-state index contributed by atoms with van der Waals surface area (Å²) in [6, 6.07) is 7.81. The van der Waals surface area contributed by atoms with Crippen LogP contribution in [0.3, 0.4) is 0 Å². The zero-order valence-electron chi connectivity index (χ0n) is 7.78. The molecule has 0 aliphatic heterocycles. The Balaban J connectivity index is 2.50. The number of H-pyrrole nitrogens is 1. The number of hydrogen-bond acceptors (Lipinski definition) is 4. The van der Waals surface area contributed by atoms with Crippen molar-refractivity contribution in [2.45, 2.75) is 0 Å². The third kappa shape index (κ3) is 1.39. The summed E-state index contributed by atoms with van der Waals surface area (Å²) in [5, 5.41) is 9.63. The molecule has 1 heterocycles. The Morgan fingerprint density at radius 2 is 2.14 bits per heavy atom. The van der Waals surface area contributed by atoms with Crippen LogP contribution in [0.1, 0.15) is 0 Å². The summed E-state index contributed by atoms with van der Waals surface area (Å²) in [5.74, 6) is 0.929. The van der Waals surface area contributed by atoms with Gasteiger partial charge in [0, 0.05) is 18.3 Å². The third-order valence-corrected chi connectivity index (χ3v) is 1.95. The van der Waals surface area contributed by atoms with E-state index in [1.165, 1.54) is 0 Å². The zero-order valence-corrected chi connectivity index (χ0v) is 7.78. The van der Waals surface area contributed by atoms with Gasteiger partial charge in [-0.1, -0.05) is 12.1 Å². The van der Waals surface area contributed by atoms with Crippen molar-refractivity contribution in [2.75, 3.05) is 18.1 Å². The van der Waals surface area contributed by atoms with Gasteiger partial charge in [-0.05, 0) is 12.1 Å². The SMILES string of the molecule is CNc1ccccc1-c1nc(N)n[nH]1. The molecule has 0 atom stereocenters. The van der Waals surface area contributed by atoms with E-state index in [9.17, 15) is 0 Å². The molecule has 0 aliphatic carbocycles. The van der Waals surface area contributed by atoms with Crippen LogP contribution in [0.5, 0.6) is 0 Å². The quantitative estimate of drug-likeness (QED) is 0.660. The van der Waals surface area contributed by atoms with E-state index in [4.69, 9.17) is 5.73 Å². The van der Waals surface area contributed by atoms with Gasteiger partial charge >= 0.3 is 0 Å². The lowest BCUT2D eigenvalue weighted by molar-refractivity contribution is 1.10. The van der Waals surface area contributed by atoms with Crippen LogP contribution in [-0.4, -0.2) is 22.2 Å². The molecule has 5 nitrogen and oxygen atoms in total. The zero-order chi connectivity index (χ0) is 9.97. The Morgan fingerprint density at radius 1 is 1.36 bits per heavy atom. The summed E-state index contributed by atoms with van der Waals surface area (Å²) in [5.41, 5.74) is 7.38. The van der Waals surface area contributed by atoms with Crippen LogP contribution in [0.15, 0.2) is 24.3 Å². The predicted octanol–water partition coefficient (Wildman–Crippen LogP) is 1.10. The van der Waals surface area contributed by atoms with Crippen molar-refractivity contribution in [3.63, 3.8) is 0 Å². The van der Waals surface area contributed by atoms with E-state index in [0.29, 0.717) is 5.82 Å². The van der Waals surface area contributed by atoms with Crippen LogP contribution in [-0.2, 0) is 0 Å². The van der Waals surface area contributed by atoms with Gasteiger partial charge in [-0.3, -0.25) is 5.10 Å². The minimum Gasteiger partial charge on any atom is -0.388 e. The van der Waals surface area contributed by atoms with E-state index < -0.39 is 0 Å². The fourth-order valence-electron chi connectivity index (χ4n) is 1.30. The number of nitrogens with zero attached hydrogens (tertiary/aromatic N) is 2. The second-order valence-electron chi connectivity index (χ2n) is 2.84. The highest BCUT2D eigenvalue weighted by Gasteiger charge is 2.06. The molecule has 1 aromatic carbocycles. The second-order valence-corrected chi connectivity index (χ2v) is 2.84. The second kappa shape index (κ2) is 3.37. The van der Waals surface area contributed by atoms with Gasteiger partial charge in [0.1, 0.15) is 0 Å². The number of para-hydroxylation sites is 1. The maximum absolute atomic E-state index is 5.43. The summed E-state index contributed by atoms with van der Waals surface area (Å²) >= 11 is 0. The topological polar surface area (TPSA) is 79.6 Å². The Bertz CT molecular complexity index is 434. The molecular formula is C9H11N5. The molecule has 2 aromatic rings. The molecule has 2 rings (SSSR count). The summed E-state index contributed by atoms with van der Waals surface area (Å²) in [6.45, 7) is 0. The molecule has 0 fully saturated rings. The normalized spacial score (nSPS) is 10.1. The van der Waals surface area contributed by atoms with E-state index >= 15 is 0 Å². The van der Waals surface area contributed by atoms with Gasteiger partial charge < -0.3 is 11.1 Å².